The van der Waals surface area contributed by atoms with Crippen LogP contribution in [0.15, 0.2) is 25.6 Å². The molecule has 96 valence electrons. The zero-order chi connectivity index (χ0) is 13.1. The van der Waals surface area contributed by atoms with Gasteiger partial charge in [-0.3, -0.25) is 0 Å². The molecule has 0 aliphatic heterocycles. The Morgan fingerprint density at radius 3 is 2.89 bits per heavy atom. The van der Waals surface area contributed by atoms with Crippen molar-refractivity contribution in [2.45, 2.75) is 19.6 Å². The summed E-state index contributed by atoms with van der Waals surface area (Å²) in [5.41, 5.74) is 0. The summed E-state index contributed by atoms with van der Waals surface area (Å²) < 4.78 is 16.0. The molecule has 0 aliphatic carbocycles. The van der Waals surface area contributed by atoms with Crippen molar-refractivity contribution in [1.29, 1.82) is 0 Å². The van der Waals surface area contributed by atoms with Crippen LogP contribution in [-0.2, 0) is 16.1 Å². The minimum Gasteiger partial charge on any atom is -0.479 e. The van der Waals surface area contributed by atoms with E-state index in [9.17, 15) is 4.79 Å². The van der Waals surface area contributed by atoms with Crippen LogP contribution in [0, 0.1) is 0 Å². The molecule has 0 saturated carbocycles. The van der Waals surface area contributed by atoms with Crippen molar-refractivity contribution in [3.63, 3.8) is 0 Å². The van der Waals surface area contributed by atoms with Gasteiger partial charge in [-0.1, -0.05) is 0 Å². The Kier molecular flexibility index (Phi) is 3.78. The van der Waals surface area contributed by atoms with Crippen molar-refractivity contribution < 1.29 is 23.5 Å². The number of aliphatic carboxylic acids is 1. The fourth-order valence-electron chi connectivity index (χ4n) is 1.11. The van der Waals surface area contributed by atoms with Crippen LogP contribution >= 0.6 is 15.9 Å². The first-order valence-corrected chi connectivity index (χ1v) is 5.78. The molecule has 0 amide bonds. The minimum absolute atomic E-state index is 0.0671. The number of ether oxygens (including phenoxy) is 1. The van der Waals surface area contributed by atoms with Gasteiger partial charge in [0, 0.05) is 0 Å². The van der Waals surface area contributed by atoms with Gasteiger partial charge in [-0.25, -0.2) is 4.79 Å². The van der Waals surface area contributed by atoms with E-state index in [1.54, 1.807) is 12.1 Å². The molecular weight excluding hydrogens is 308 g/mol. The lowest BCUT2D eigenvalue weighted by Gasteiger charge is -2.04. The number of hydrogen-bond acceptors (Lipinski definition) is 6. The summed E-state index contributed by atoms with van der Waals surface area (Å²) in [6.07, 6.45) is -0.932. The maximum Gasteiger partial charge on any atom is 0.332 e. The SMILES string of the molecule is C[C@H](OCc1nnc(-c2ccc(Br)o2)o1)C(=O)O. The van der Waals surface area contributed by atoms with Crippen LogP contribution in [0.2, 0.25) is 0 Å². The summed E-state index contributed by atoms with van der Waals surface area (Å²) in [6.45, 7) is 1.35. The van der Waals surface area contributed by atoms with E-state index < -0.39 is 12.1 Å². The Hall–Kier alpha value is -1.67. The van der Waals surface area contributed by atoms with Crippen LogP contribution in [0.5, 0.6) is 0 Å². The molecule has 1 atom stereocenters. The molecule has 0 aliphatic rings. The highest BCUT2D eigenvalue weighted by molar-refractivity contribution is 9.10. The van der Waals surface area contributed by atoms with E-state index in [4.69, 9.17) is 18.7 Å². The van der Waals surface area contributed by atoms with Gasteiger partial charge in [0.2, 0.25) is 5.89 Å². The predicted octanol–water partition coefficient (Wildman–Crippen LogP) is 2.08. The van der Waals surface area contributed by atoms with E-state index >= 15 is 0 Å². The van der Waals surface area contributed by atoms with Crippen molar-refractivity contribution in [3.8, 4) is 11.7 Å². The van der Waals surface area contributed by atoms with Crippen molar-refractivity contribution in [1.82, 2.24) is 10.2 Å². The van der Waals surface area contributed by atoms with Gasteiger partial charge in [0.1, 0.15) is 6.61 Å². The van der Waals surface area contributed by atoms with E-state index in [0.29, 0.717) is 10.4 Å². The molecule has 8 heteroatoms. The van der Waals surface area contributed by atoms with Crippen LogP contribution < -0.4 is 0 Å². The lowest BCUT2D eigenvalue weighted by Crippen LogP contribution is -2.19. The third kappa shape index (κ3) is 2.96. The molecular formula is C10H9BrN2O5. The van der Waals surface area contributed by atoms with Gasteiger partial charge in [0.25, 0.3) is 5.89 Å². The molecule has 2 aromatic heterocycles. The van der Waals surface area contributed by atoms with Crippen LogP contribution in [0.4, 0.5) is 0 Å². The molecule has 0 unspecified atom stereocenters. The smallest absolute Gasteiger partial charge is 0.332 e. The van der Waals surface area contributed by atoms with Gasteiger partial charge in [0.05, 0.1) is 0 Å². The standard InChI is InChI=1S/C10H9BrN2O5/c1-5(10(14)15)16-4-8-12-13-9(18-8)6-2-3-7(11)17-6/h2-3,5H,4H2,1H3,(H,14,15)/t5-/m0/s1. The number of carboxylic acid groups (broad SMARTS) is 1. The molecule has 0 fully saturated rings. The fraction of sp³-hybridized carbons (Fsp3) is 0.300. The summed E-state index contributed by atoms with van der Waals surface area (Å²) in [7, 11) is 0. The first-order chi connectivity index (χ1) is 8.56. The number of carboxylic acids is 1. The van der Waals surface area contributed by atoms with Gasteiger partial charge >= 0.3 is 5.97 Å². The second kappa shape index (κ2) is 5.32. The number of aromatic nitrogens is 2. The van der Waals surface area contributed by atoms with Gasteiger partial charge in [0.15, 0.2) is 16.5 Å². The molecule has 0 saturated heterocycles. The first kappa shape index (κ1) is 12.8. The third-order valence-electron chi connectivity index (χ3n) is 2.06. The number of carbonyl (C=O) groups is 1. The van der Waals surface area contributed by atoms with E-state index in [0.717, 1.165) is 0 Å². The summed E-state index contributed by atoms with van der Waals surface area (Å²) in [4.78, 5) is 10.5. The van der Waals surface area contributed by atoms with Crippen LogP contribution in [0.3, 0.4) is 0 Å². The quantitative estimate of drug-likeness (QED) is 0.901. The topological polar surface area (TPSA) is 98.6 Å². The highest BCUT2D eigenvalue weighted by Gasteiger charge is 2.15. The van der Waals surface area contributed by atoms with Crippen molar-refractivity contribution in [2.75, 3.05) is 0 Å². The van der Waals surface area contributed by atoms with Gasteiger partial charge in [-0.05, 0) is 35.0 Å². The molecule has 7 nitrogen and oxygen atoms in total. The van der Waals surface area contributed by atoms with Crippen LogP contribution in [0.1, 0.15) is 12.8 Å². The zero-order valence-corrected chi connectivity index (χ0v) is 10.9. The van der Waals surface area contributed by atoms with Crippen LogP contribution in [0.25, 0.3) is 11.7 Å². The molecule has 2 aromatic rings. The number of halogens is 1. The summed E-state index contributed by atoms with van der Waals surface area (Å²) in [5.74, 6) is -0.232. The lowest BCUT2D eigenvalue weighted by molar-refractivity contribution is -0.150. The first-order valence-electron chi connectivity index (χ1n) is 4.99. The monoisotopic (exact) mass is 316 g/mol. The summed E-state index contributed by atoms with van der Waals surface area (Å²) in [5, 5.41) is 16.1. The van der Waals surface area contributed by atoms with Gasteiger partial charge in [-0.2, -0.15) is 0 Å². The number of hydrogen-bond donors (Lipinski definition) is 1. The molecule has 0 spiro atoms. The average Bonchev–Trinajstić information content (AvgIpc) is 2.94. The lowest BCUT2D eigenvalue weighted by atomic mass is 10.4. The van der Waals surface area contributed by atoms with Crippen molar-refractivity contribution >= 4 is 21.9 Å². The van der Waals surface area contributed by atoms with Crippen molar-refractivity contribution in [2.24, 2.45) is 0 Å². The van der Waals surface area contributed by atoms with E-state index in [1.807, 2.05) is 0 Å². The van der Waals surface area contributed by atoms with Crippen molar-refractivity contribution in [3.05, 3.63) is 22.7 Å². The van der Waals surface area contributed by atoms with E-state index in [2.05, 4.69) is 26.1 Å². The zero-order valence-electron chi connectivity index (χ0n) is 9.29. The number of nitrogens with zero attached hydrogens (tertiary/aromatic N) is 2. The van der Waals surface area contributed by atoms with Gasteiger partial charge < -0.3 is 18.7 Å². The Balaban J connectivity index is 2.00. The maximum absolute atomic E-state index is 10.5. The normalized spacial score (nSPS) is 12.6. The molecule has 0 bridgehead atoms. The maximum atomic E-state index is 10.5. The largest absolute Gasteiger partial charge is 0.479 e. The fourth-order valence-corrected chi connectivity index (χ4v) is 1.41. The third-order valence-corrected chi connectivity index (χ3v) is 2.48. The summed E-state index contributed by atoms with van der Waals surface area (Å²) in [6, 6.07) is 3.37. The predicted molar refractivity (Wildman–Crippen MR) is 61.6 cm³/mol. The molecule has 1 N–H and O–H groups in total. The van der Waals surface area contributed by atoms with Crippen LogP contribution in [-0.4, -0.2) is 27.4 Å². The Bertz CT molecular complexity index is 550. The molecule has 0 radical (unpaired) electrons. The Labute approximate surface area is 110 Å². The van der Waals surface area contributed by atoms with Gasteiger partial charge in [-0.15, -0.1) is 10.2 Å². The Morgan fingerprint density at radius 1 is 1.50 bits per heavy atom. The molecule has 2 rings (SSSR count). The Morgan fingerprint density at radius 2 is 2.28 bits per heavy atom. The average molecular weight is 317 g/mol. The second-order valence-corrected chi connectivity index (χ2v) is 4.18. The molecule has 18 heavy (non-hydrogen) atoms. The number of furan rings is 1. The molecule has 0 aromatic carbocycles. The highest BCUT2D eigenvalue weighted by Crippen LogP contribution is 2.23. The summed E-state index contributed by atoms with van der Waals surface area (Å²) >= 11 is 3.16. The number of rotatable bonds is 5. The van der Waals surface area contributed by atoms with E-state index in [1.165, 1.54) is 6.92 Å². The van der Waals surface area contributed by atoms with E-state index in [-0.39, 0.29) is 18.4 Å². The minimum atomic E-state index is -1.05. The molecule has 2 heterocycles. The highest BCUT2D eigenvalue weighted by atomic mass is 79.9. The second-order valence-electron chi connectivity index (χ2n) is 3.40.